The first kappa shape index (κ1) is 20.1. The van der Waals surface area contributed by atoms with Crippen molar-refractivity contribution in [1.29, 1.82) is 0 Å². The van der Waals surface area contributed by atoms with E-state index in [-0.39, 0.29) is 10.9 Å². The zero-order valence-corrected chi connectivity index (χ0v) is 16.2. The highest BCUT2D eigenvalue weighted by Crippen LogP contribution is 2.29. The fourth-order valence-electron chi connectivity index (χ4n) is 2.23. The molecule has 3 N–H and O–H groups in total. The summed E-state index contributed by atoms with van der Waals surface area (Å²) in [5.41, 5.74) is 2.87. The SMILES string of the molecule is CCc1ccc(-c2csc(NC(=O)CSc3nnc(C(F)(F)F)n3N)n2)cc1. The summed E-state index contributed by atoms with van der Waals surface area (Å²) >= 11 is 2.00. The van der Waals surface area contributed by atoms with E-state index in [4.69, 9.17) is 5.84 Å². The first-order valence-corrected chi connectivity index (χ1v) is 9.89. The molecule has 2 aromatic heterocycles. The summed E-state index contributed by atoms with van der Waals surface area (Å²) in [5, 5.41) is 11.0. The third kappa shape index (κ3) is 4.62. The van der Waals surface area contributed by atoms with E-state index in [1.165, 1.54) is 16.9 Å². The molecule has 0 bridgehead atoms. The molecule has 0 unspecified atom stereocenters. The van der Waals surface area contributed by atoms with Crippen molar-refractivity contribution in [2.75, 3.05) is 16.9 Å². The highest BCUT2D eigenvalue weighted by molar-refractivity contribution is 7.99. The summed E-state index contributed by atoms with van der Waals surface area (Å²) < 4.78 is 38.2. The highest BCUT2D eigenvalue weighted by Gasteiger charge is 2.38. The lowest BCUT2D eigenvalue weighted by Gasteiger charge is -2.05. The van der Waals surface area contributed by atoms with Crippen molar-refractivity contribution in [1.82, 2.24) is 19.9 Å². The number of nitrogens with zero attached hydrogens (tertiary/aromatic N) is 4. The predicted molar refractivity (Wildman–Crippen MR) is 101 cm³/mol. The van der Waals surface area contributed by atoms with Crippen LogP contribution < -0.4 is 11.2 Å². The van der Waals surface area contributed by atoms with Crippen LogP contribution in [0.5, 0.6) is 0 Å². The van der Waals surface area contributed by atoms with Gasteiger partial charge in [0, 0.05) is 10.9 Å². The van der Waals surface area contributed by atoms with Gasteiger partial charge in [0.25, 0.3) is 5.82 Å². The molecule has 3 rings (SSSR count). The molecule has 12 heteroatoms. The molecule has 3 aromatic rings. The Kier molecular flexibility index (Phi) is 5.89. The predicted octanol–water partition coefficient (Wildman–Crippen LogP) is 3.43. The number of anilines is 1. The van der Waals surface area contributed by atoms with Gasteiger partial charge < -0.3 is 11.2 Å². The van der Waals surface area contributed by atoms with Crippen molar-refractivity contribution in [2.24, 2.45) is 0 Å². The van der Waals surface area contributed by atoms with Crippen LogP contribution in [0.2, 0.25) is 0 Å². The zero-order valence-electron chi connectivity index (χ0n) is 14.5. The monoisotopic (exact) mass is 428 g/mol. The third-order valence-electron chi connectivity index (χ3n) is 3.66. The van der Waals surface area contributed by atoms with Gasteiger partial charge in [-0.05, 0) is 12.0 Å². The number of aromatic nitrogens is 4. The number of halogens is 3. The number of hydrogen-bond acceptors (Lipinski definition) is 7. The molecule has 0 aliphatic rings. The van der Waals surface area contributed by atoms with Gasteiger partial charge in [-0.2, -0.15) is 13.2 Å². The minimum Gasteiger partial charge on any atom is -0.335 e. The average Bonchev–Trinajstić information content (AvgIpc) is 3.26. The fourth-order valence-corrected chi connectivity index (χ4v) is 3.62. The molecule has 0 fully saturated rings. The van der Waals surface area contributed by atoms with Gasteiger partial charge in [0.05, 0.1) is 11.4 Å². The Labute approximate surface area is 166 Å². The molecular formula is C16H15F3N6OS2. The standard InChI is InChI=1S/C16H15F3N6OS2/c1-2-9-3-5-10(6-4-9)11-7-27-14(21-11)22-12(26)8-28-15-24-23-13(25(15)20)16(17,18)19/h3-7H,2,8,20H2,1H3,(H,21,22,26). The van der Waals surface area contributed by atoms with Crippen molar-refractivity contribution in [3.8, 4) is 11.3 Å². The second kappa shape index (κ2) is 8.19. The zero-order chi connectivity index (χ0) is 20.3. The van der Waals surface area contributed by atoms with E-state index >= 15 is 0 Å². The molecule has 0 atom stereocenters. The van der Waals surface area contributed by atoms with E-state index in [1.54, 1.807) is 0 Å². The second-order valence-electron chi connectivity index (χ2n) is 5.60. The number of thiazole rings is 1. The molecule has 1 aromatic carbocycles. The van der Waals surface area contributed by atoms with Crippen LogP contribution in [0.25, 0.3) is 11.3 Å². The molecule has 0 spiro atoms. The molecule has 148 valence electrons. The van der Waals surface area contributed by atoms with Crippen LogP contribution in [-0.2, 0) is 17.4 Å². The quantitative estimate of drug-likeness (QED) is 0.461. The van der Waals surface area contributed by atoms with Gasteiger partial charge in [-0.15, -0.1) is 21.5 Å². The number of thioether (sulfide) groups is 1. The molecular weight excluding hydrogens is 413 g/mol. The molecule has 2 heterocycles. The summed E-state index contributed by atoms with van der Waals surface area (Å²) in [5.74, 6) is 3.37. The molecule has 0 saturated carbocycles. The van der Waals surface area contributed by atoms with Crippen LogP contribution in [-0.4, -0.2) is 31.5 Å². The summed E-state index contributed by atoms with van der Waals surface area (Å²) in [6.07, 6.45) is -3.77. The van der Waals surface area contributed by atoms with Gasteiger partial charge in [0.15, 0.2) is 5.13 Å². The summed E-state index contributed by atoms with van der Waals surface area (Å²) in [7, 11) is 0. The number of alkyl halides is 3. The summed E-state index contributed by atoms with van der Waals surface area (Å²) in [6.45, 7) is 2.07. The number of hydrogen-bond donors (Lipinski definition) is 2. The highest BCUT2D eigenvalue weighted by atomic mass is 32.2. The molecule has 0 saturated heterocycles. The van der Waals surface area contributed by atoms with E-state index in [9.17, 15) is 18.0 Å². The van der Waals surface area contributed by atoms with Crippen LogP contribution in [0, 0.1) is 0 Å². The number of carbonyl (C=O) groups excluding carboxylic acids is 1. The van der Waals surface area contributed by atoms with E-state index in [0.717, 1.165) is 29.4 Å². The summed E-state index contributed by atoms with van der Waals surface area (Å²) in [6, 6.07) is 7.95. The average molecular weight is 428 g/mol. The van der Waals surface area contributed by atoms with Crippen molar-refractivity contribution in [3.05, 3.63) is 41.0 Å². The molecule has 28 heavy (non-hydrogen) atoms. The Morgan fingerprint density at radius 1 is 1.29 bits per heavy atom. The minimum atomic E-state index is -4.71. The number of aryl methyl sites for hydroxylation is 1. The second-order valence-corrected chi connectivity index (χ2v) is 7.40. The first-order chi connectivity index (χ1) is 13.3. The normalized spacial score (nSPS) is 11.6. The van der Waals surface area contributed by atoms with Crippen LogP contribution in [0.15, 0.2) is 34.8 Å². The molecule has 0 radical (unpaired) electrons. The van der Waals surface area contributed by atoms with Gasteiger partial charge in [0.1, 0.15) is 0 Å². The van der Waals surface area contributed by atoms with Crippen molar-refractivity contribution in [2.45, 2.75) is 24.7 Å². The van der Waals surface area contributed by atoms with Crippen molar-refractivity contribution in [3.63, 3.8) is 0 Å². The summed E-state index contributed by atoms with van der Waals surface area (Å²) in [4.78, 5) is 16.4. The van der Waals surface area contributed by atoms with Gasteiger partial charge in [0.2, 0.25) is 11.1 Å². The van der Waals surface area contributed by atoms with Gasteiger partial charge in [-0.3, -0.25) is 4.79 Å². The van der Waals surface area contributed by atoms with Gasteiger partial charge in [-0.1, -0.05) is 43.0 Å². The maximum absolute atomic E-state index is 12.6. The first-order valence-electron chi connectivity index (χ1n) is 8.03. The topological polar surface area (TPSA) is 98.7 Å². The Balaban J connectivity index is 1.58. The van der Waals surface area contributed by atoms with Gasteiger partial charge in [-0.25, -0.2) is 9.66 Å². The van der Waals surface area contributed by atoms with E-state index < -0.39 is 17.9 Å². The van der Waals surface area contributed by atoms with Crippen LogP contribution >= 0.6 is 23.1 Å². The number of nitrogens with one attached hydrogen (secondary N) is 1. The number of nitrogen functional groups attached to an aromatic ring is 1. The van der Waals surface area contributed by atoms with Crippen LogP contribution in [0.3, 0.4) is 0 Å². The maximum atomic E-state index is 12.6. The number of rotatable bonds is 6. The maximum Gasteiger partial charge on any atom is 0.453 e. The van der Waals surface area contributed by atoms with Crippen molar-refractivity contribution >= 4 is 34.1 Å². The van der Waals surface area contributed by atoms with Gasteiger partial charge >= 0.3 is 6.18 Å². The lowest BCUT2D eigenvalue weighted by atomic mass is 10.1. The Hall–Kier alpha value is -2.60. The Morgan fingerprint density at radius 3 is 2.61 bits per heavy atom. The fraction of sp³-hybridized carbons (Fsp3) is 0.250. The van der Waals surface area contributed by atoms with Crippen molar-refractivity contribution < 1.29 is 18.0 Å². The van der Waals surface area contributed by atoms with Crippen LogP contribution in [0.4, 0.5) is 18.3 Å². The molecule has 1 amide bonds. The van der Waals surface area contributed by atoms with E-state index in [2.05, 4.69) is 27.4 Å². The van der Waals surface area contributed by atoms with E-state index in [1.807, 2.05) is 29.6 Å². The minimum absolute atomic E-state index is 0.187. The molecule has 0 aliphatic heterocycles. The lowest BCUT2D eigenvalue weighted by Crippen LogP contribution is -2.22. The molecule has 7 nitrogen and oxygen atoms in total. The lowest BCUT2D eigenvalue weighted by molar-refractivity contribution is -0.146. The number of amides is 1. The third-order valence-corrected chi connectivity index (χ3v) is 5.36. The largest absolute Gasteiger partial charge is 0.453 e. The number of carbonyl (C=O) groups is 1. The Morgan fingerprint density at radius 2 is 2.00 bits per heavy atom. The van der Waals surface area contributed by atoms with E-state index in [0.29, 0.717) is 9.81 Å². The molecule has 0 aliphatic carbocycles. The number of nitrogens with two attached hydrogens (primary N) is 1. The number of benzene rings is 1. The Bertz CT molecular complexity index is 968. The van der Waals surface area contributed by atoms with Crippen LogP contribution in [0.1, 0.15) is 18.3 Å². The smallest absolute Gasteiger partial charge is 0.335 e.